The Morgan fingerprint density at radius 1 is 1.47 bits per heavy atom. The number of fused-ring (bicyclic) bond motifs is 3. The molecule has 3 heterocycles. The van der Waals surface area contributed by atoms with Crippen molar-refractivity contribution >= 4 is 34.0 Å². The van der Waals surface area contributed by atoms with Crippen LogP contribution in [0.25, 0.3) is 10.3 Å². The molecule has 2 unspecified atom stereocenters. The highest BCUT2D eigenvalue weighted by molar-refractivity contribution is 7.17. The van der Waals surface area contributed by atoms with E-state index in [9.17, 15) is 0 Å². The van der Waals surface area contributed by atoms with E-state index in [1.807, 2.05) is 0 Å². The summed E-state index contributed by atoms with van der Waals surface area (Å²) in [4.78, 5) is 0. The molecule has 0 saturated carbocycles. The average molecular weight is 243 g/mol. The van der Waals surface area contributed by atoms with Gasteiger partial charge in [-0.25, -0.2) is 0 Å². The maximum Gasteiger partial charge on any atom is 0.181 e. The van der Waals surface area contributed by atoms with Gasteiger partial charge in [0.2, 0.25) is 0 Å². The molecule has 4 bridgehead atoms. The van der Waals surface area contributed by atoms with E-state index in [-0.39, 0.29) is 12.4 Å². The van der Waals surface area contributed by atoms with Crippen molar-refractivity contribution in [1.82, 2.24) is 10.5 Å². The average Bonchev–Trinajstić information content (AvgIpc) is 2.71. The minimum atomic E-state index is 0. The molecule has 1 aliphatic heterocycles. The third-order valence-electron chi connectivity index (χ3n) is 3.47. The highest BCUT2D eigenvalue weighted by Crippen LogP contribution is 2.49. The Morgan fingerprint density at radius 3 is 3.33 bits per heavy atom. The standard InChI is InChI=1S/C10H10N2OS.ClH/c1-2-11-3-6-5(1)7-4-14-10-8(6)12-13-9(7)10;/h4-6,11H,1-3H2;1H. The van der Waals surface area contributed by atoms with Crippen molar-refractivity contribution in [2.45, 2.75) is 18.3 Å². The van der Waals surface area contributed by atoms with Gasteiger partial charge in [-0.2, -0.15) is 0 Å². The van der Waals surface area contributed by atoms with Crippen molar-refractivity contribution in [2.75, 3.05) is 13.1 Å². The third kappa shape index (κ3) is 1.07. The van der Waals surface area contributed by atoms with Crippen LogP contribution in [0.2, 0.25) is 0 Å². The fourth-order valence-electron chi connectivity index (χ4n) is 2.78. The highest BCUT2D eigenvalue weighted by atomic mass is 35.5. The Kier molecular flexibility index (Phi) is 2.06. The lowest BCUT2D eigenvalue weighted by atomic mass is 9.78. The van der Waals surface area contributed by atoms with Gasteiger partial charge in [0, 0.05) is 18.0 Å². The number of aromatic nitrogens is 1. The van der Waals surface area contributed by atoms with Crippen LogP contribution in [-0.2, 0) is 0 Å². The van der Waals surface area contributed by atoms with E-state index in [2.05, 4.69) is 15.9 Å². The summed E-state index contributed by atoms with van der Waals surface area (Å²) < 4.78 is 6.69. The molecule has 80 valence electrons. The Balaban J connectivity index is 0.000000722. The molecule has 0 aromatic carbocycles. The van der Waals surface area contributed by atoms with Crippen molar-refractivity contribution < 1.29 is 4.52 Å². The lowest BCUT2D eigenvalue weighted by Crippen LogP contribution is -2.34. The van der Waals surface area contributed by atoms with Gasteiger partial charge >= 0.3 is 0 Å². The molecule has 2 atom stereocenters. The second-order valence-electron chi connectivity index (χ2n) is 4.12. The number of thiophene rings is 1. The summed E-state index contributed by atoms with van der Waals surface area (Å²) in [5.41, 5.74) is 3.66. The van der Waals surface area contributed by atoms with Gasteiger partial charge in [0.05, 0.1) is 4.70 Å². The summed E-state index contributed by atoms with van der Waals surface area (Å²) >= 11 is 1.79. The van der Waals surface area contributed by atoms with E-state index in [1.165, 1.54) is 22.4 Å². The predicted molar refractivity (Wildman–Crippen MR) is 62.1 cm³/mol. The molecule has 2 aromatic heterocycles. The van der Waals surface area contributed by atoms with E-state index in [0.29, 0.717) is 11.8 Å². The SMILES string of the molecule is Cl.c1sc2c3noc2c1C1CCNCC31. The van der Waals surface area contributed by atoms with Crippen molar-refractivity contribution in [3.63, 3.8) is 0 Å². The number of rotatable bonds is 0. The first-order valence-electron chi connectivity index (χ1n) is 5.02. The third-order valence-corrected chi connectivity index (χ3v) is 4.47. The maximum absolute atomic E-state index is 5.41. The molecule has 0 amide bonds. The fourth-order valence-corrected chi connectivity index (χ4v) is 3.88. The number of halogens is 1. The highest BCUT2D eigenvalue weighted by Gasteiger charge is 2.38. The summed E-state index contributed by atoms with van der Waals surface area (Å²) in [6.45, 7) is 2.18. The first-order valence-corrected chi connectivity index (χ1v) is 5.90. The van der Waals surface area contributed by atoms with Crippen LogP contribution in [-0.4, -0.2) is 18.2 Å². The van der Waals surface area contributed by atoms with Gasteiger partial charge in [-0.15, -0.1) is 23.7 Å². The van der Waals surface area contributed by atoms with Crippen molar-refractivity contribution in [1.29, 1.82) is 0 Å². The molecule has 15 heavy (non-hydrogen) atoms. The summed E-state index contributed by atoms with van der Waals surface area (Å²) in [5, 5.41) is 9.91. The largest absolute Gasteiger partial charge is 0.355 e. The molecule has 3 nitrogen and oxygen atoms in total. The van der Waals surface area contributed by atoms with E-state index in [0.717, 1.165) is 18.7 Å². The van der Waals surface area contributed by atoms with Gasteiger partial charge in [0.25, 0.3) is 0 Å². The Bertz CT molecular complexity index is 460. The molecule has 0 radical (unpaired) electrons. The zero-order valence-electron chi connectivity index (χ0n) is 8.03. The summed E-state index contributed by atoms with van der Waals surface area (Å²) in [7, 11) is 0. The molecule has 1 saturated heterocycles. The van der Waals surface area contributed by atoms with Crippen LogP contribution in [0.3, 0.4) is 0 Å². The van der Waals surface area contributed by atoms with Gasteiger partial charge < -0.3 is 9.84 Å². The zero-order chi connectivity index (χ0) is 9.12. The molecule has 1 fully saturated rings. The lowest BCUT2D eigenvalue weighted by molar-refractivity contribution is 0.392. The number of hydrogen-bond donors (Lipinski definition) is 1. The second kappa shape index (κ2) is 3.20. The minimum absolute atomic E-state index is 0. The molecular weight excluding hydrogens is 232 g/mol. The molecule has 5 heteroatoms. The van der Waals surface area contributed by atoms with Crippen molar-refractivity contribution in [3.05, 3.63) is 16.6 Å². The van der Waals surface area contributed by atoms with Crippen molar-refractivity contribution in [2.24, 2.45) is 0 Å². The first-order chi connectivity index (χ1) is 6.95. The number of hydrogen-bond acceptors (Lipinski definition) is 4. The van der Waals surface area contributed by atoms with E-state index >= 15 is 0 Å². The van der Waals surface area contributed by atoms with Gasteiger partial charge in [-0.1, -0.05) is 5.16 Å². The second-order valence-corrected chi connectivity index (χ2v) is 5.00. The molecule has 1 N–H and O–H groups in total. The number of nitrogens with zero attached hydrogens (tertiary/aromatic N) is 1. The quantitative estimate of drug-likeness (QED) is 0.771. The van der Waals surface area contributed by atoms with Crippen LogP contribution in [0.1, 0.15) is 29.5 Å². The Morgan fingerprint density at radius 2 is 2.40 bits per heavy atom. The van der Waals surface area contributed by atoms with Gasteiger partial charge in [0.1, 0.15) is 5.69 Å². The van der Waals surface area contributed by atoms with Crippen LogP contribution >= 0.6 is 23.7 Å². The Labute approximate surface area is 97.2 Å². The number of piperidine rings is 1. The minimum Gasteiger partial charge on any atom is -0.355 e. The first kappa shape index (κ1) is 9.63. The van der Waals surface area contributed by atoms with Crippen LogP contribution in [0.15, 0.2) is 9.90 Å². The smallest absolute Gasteiger partial charge is 0.181 e. The Hall–Kier alpha value is -0.580. The predicted octanol–water partition coefficient (Wildman–Crippen LogP) is 2.49. The summed E-state index contributed by atoms with van der Waals surface area (Å²) in [5.74, 6) is 1.22. The van der Waals surface area contributed by atoms with Crippen LogP contribution in [0.5, 0.6) is 0 Å². The van der Waals surface area contributed by atoms with Crippen LogP contribution in [0.4, 0.5) is 0 Å². The molecule has 0 spiro atoms. The topological polar surface area (TPSA) is 38.1 Å². The van der Waals surface area contributed by atoms with E-state index in [1.54, 1.807) is 11.3 Å². The zero-order valence-corrected chi connectivity index (χ0v) is 9.66. The van der Waals surface area contributed by atoms with Gasteiger partial charge in [-0.3, -0.25) is 0 Å². The maximum atomic E-state index is 5.41. The number of nitrogens with one attached hydrogen (secondary N) is 1. The van der Waals surface area contributed by atoms with Crippen LogP contribution < -0.4 is 5.32 Å². The fraction of sp³-hybridized carbons (Fsp3) is 0.500. The van der Waals surface area contributed by atoms with Gasteiger partial charge in [0.15, 0.2) is 5.58 Å². The summed E-state index contributed by atoms with van der Waals surface area (Å²) in [6.07, 6.45) is 1.22. The lowest BCUT2D eigenvalue weighted by Gasteiger charge is -2.30. The van der Waals surface area contributed by atoms with Crippen molar-refractivity contribution in [3.8, 4) is 0 Å². The van der Waals surface area contributed by atoms with Crippen LogP contribution in [0, 0.1) is 0 Å². The molecule has 2 aliphatic rings. The van der Waals surface area contributed by atoms with E-state index < -0.39 is 0 Å². The molecule has 4 rings (SSSR count). The molecule has 2 aromatic rings. The molecule has 1 aliphatic carbocycles. The van der Waals surface area contributed by atoms with Gasteiger partial charge in [-0.05, 0) is 24.3 Å². The molecular formula is C10H11ClN2OS. The van der Waals surface area contributed by atoms with E-state index in [4.69, 9.17) is 4.52 Å². The normalized spacial score (nSPS) is 27.7. The summed E-state index contributed by atoms with van der Waals surface area (Å²) in [6, 6.07) is 0. The monoisotopic (exact) mass is 242 g/mol.